The fraction of sp³-hybridized carbons (Fsp3) is 0.550. The molecule has 0 aromatic heterocycles. The van der Waals surface area contributed by atoms with Crippen molar-refractivity contribution in [2.24, 2.45) is 5.92 Å². The van der Waals surface area contributed by atoms with Gasteiger partial charge in [-0.2, -0.15) is 0 Å². The van der Waals surface area contributed by atoms with Crippen LogP contribution in [0.4, 0.5) is 0 Å². The van der Waals surface area contributed by atoms with Gasteiger partial charge in [-0.3, -0.25) is 4.79 Å². The summed E-state index contributed by atoms with van der Waals surface area (Å²) in [6, 6.07) is 7.00. The Kier molecular flexibility index (Phi) is 7.81. The van der Waals surface area contributed by atoms with Crippen LogP contribution in [-0.4, -0.2) is 30.4 Å². The number of carbonyl (C=O) groups excluding carboxylic acids is 3. The molecule has 1 rings (SSSR count). The molecule has 0 saturated carbocycles. The Morgan fingerprint density at radius 3 is 2.16 bits per heavy atom. The van der Waals surface area contributed by atoms with Crippen LogP contribution in [0.3, 0.4) is 0 Å². The monoisotopic (exact) mass is 348 g/mol. The molecule has 1 aromatic rings. The number of ether oxygens (including phenoxy) is 2. The van der Waals surface area contributed by atoms with Crippen LogP contribution in [0.5, 0.6) is 0 Å². The highest BCUT2D eigenvalue weighted by atomic mass is 16.6. The van der Waals surface area contributed by atoms with Gasteiger partial charge in [0.1, 0.15) is 11.4 Å². The summed E-state index contributed by atoms with van der Waals surface area (Å²) in [5.41, 5.74) is 0.855. The van der Waals surface area contributed by atoms with E-state index in [2.05, 4.69) is 4.74 Å². The van der Waals surface area contributed by atoms with Crippen molar-refractivity contribution < 1.29 is 23.9 Å². The SMILES string of the molecule is COC(=O)c1ccc(CC(CCCC(C)=O)C(=O)OC(C)(C)C)cc1. The molecule has 25 heavy (non-hydrogen) atoms. The number of ketones is 1. The molecule has 1 atom stereocenters. The lowest BCUT2D eigenvalue weighted by molar-refractivity contribution is -0.160. The zero-order valence-electron chi connectivity index (χ0n) is 15.8. The molecule has 5 heteroatoms. The van der Waals surface area contributed by atoms with E-state index >= 15 is 0 Å². The maximum atomic E-state index is 12.5. The van der Waals surface area contributed by atoms with Crippen LogP contribution in [0.2, 0.25) is 0 Å². The number of carbonyl (C=O) groups is 3. The average Bonchev–Trinajstić information content (AvgIpc) is 2.51. The van der Waals surface area contributed by atoms with E-state index in [0.717, 1.165) is 5.56 Å². The molecule has 0 heterocycles. The number of benzene rings is 1. The first-order chi connectivity index (χ1) is 11.6. The molecule has 0 bridgehead atoms. The highest BCUT2D eigenvalue weighted by Gasteiger charge is 2.25. The van der Waals surface area contributed by atoms with Crippen LogP contribution < -0.4 is 0 Å². The van der Waals surface area contributed by atoms with E-state index in [1.54, 1.807) is 19.1 Å². The van der Waals surface area contributed by atoms with Gasteiger partial charge in [-0.05, 0) is 64.7 Å². The van der Waals surface area contributed by atoms with Crippen molar-refractivity contribution in [1.82, 2.24) is 0 Å². The Bertz CT molecular complexity index is 596. The van der Waals surface area contributed by atoms with E-state index in [-0.39, 0.29) is 17.7 Å². The molecule has 1 unspecified atom stereocenters. The summed E-state index contributed by atoms with van der Waals surface area (Å²) in [5, 5.41) is 0. The van der Waals surface area contributed by atoms with Crippen LogP contribution in [-0.2, 0) is 25.5 Å². The van der Waals surface area contributed by atoms with Gasteiger partial charge in [0.2, 0.25) is 0 Å². The molecule has 0 radical (unpaired) electrons. The molecule has 0 aliphatic heterocycles. The topological polar surface area (TPSA) is 69.7 Å². The molecule has 0 amide bonds. The summed E-state index contributed by atoms with van der Waals surface area (Å²) >= 11 is 0. The summed E-state index contributed by atoms with van der Waals surface area (Å²) in [4.78, 5) is 35.1. The van der Waals surface area contributed by atoms with Gasteiger partial charge in [0, 0.05) is 6.42 Å². The van der Waals surface area contributed by atoms with Gasteiger partial charge in [-0.25, -0.2) is 4.79 Å². The molecule has 0 aliphatic rings. The lowest BCUT2D eigenvalue weighted by Crippen LogP contribution is -2.30. The second-order valence-corrected chi connectivity index (χ2v) is 7.22. The largest absolute Gasteiger partial charge is 0.465 e. The van der Waals surface area contributed by atoms with Crippen molar-refractivity contribution in [3.05, 3.63) is 35.4 Å². The highest BCUT2D eigenvalue weighted by Crippen LogP contribution is 2.21. The molecule has 0 spiro atoms. The molecule has 5 nitrogen and oxygen atoms in total. The predicted octanol–water partition coefficient (Wildman–Crippen LogP) is 3.73. The van der Waals surface area contributed by atoms with Crippen LogP contribution in [0, 0.1) is 5.92 Å². The second kappa shape index (κ2) is 9.35. The smallest absolute Gasteiger partial charge is 0.337 e. The lowest BCUT2D eigenvalue weighted by Gasteiger charge is -2.24. The quantitative estimate of drug-likeness (QED) is 0.670. The average molecular weight is 348 g/mol. The first-order valence-corrected chi connectivity index (χ1v) is 8.52. The summed E-state index contributed by atoms with van der Waals surface area (Å²) in [7, 11) is 1.34. The van der Waals surface area contributed by atoms with Crippen molar-refractivity contribution in [3.8, 4) is 0 Å². The number of methoxy groups -OCH3 is 1. The number of hydrogen-bond donors (Lipinski definition) is 0. The third kappa shape index (κ3) is 7.96. The number of rotatable bonds is 8. The summed E-state index contributed by atoms with van der Waals surface area (Å²) < 4.78 is 10.2. The van der Waals surface area contributed by atoms with Gasteiger partial charge in [-0.15, -0.1) is 0 Å². The molecular weight excluding hydrogens is 320 g/mol. The van der Waals surface area contributed by atoms with Crippen LogP contribution in [0.25, 0.3) is 0 Å². The number of hydrogen-bond acceptors (Lipinski definition) is 5. The first-order valence-electron chi connectivity index (χ1n) is 8.52. The van der Waals surface area contributed by atoms with Gasteiger partial charge in [0.15, 0.2) is 0 Å². The minimum absolute atomic E-state index is 0.116. The van der Waals surface area contributed by atoms with Crippen LogP contribution in [0.15, 0.2) is 24.3 Å². The van der Waals surface area contributed by atoms with Crippen LogP contribution in [0.1, 0.15) is 62.9 Å². The lowest BCUT2D eigenvalue weighted by atomic mass is 9.93. The van der Waals surface area contributed by atoms with E-state index in [4.69, 9.17) is 4.74 Å². The zero-order chi connectivity index (χ0) is 19.0. The molecule has 138 valence electrons. The van der Waals surface area contributed by atoms with Gasteiger partial charge in [0.25, 0.3) is 0 Å². The van der Waals surface area contributed by atoms with Gasteiger partial charge >= 0.3 is 11.9 Å². The zero-order valence-corrected chi connectivity index (χ0v) is 15.8. The molecule has 1 aromatic carbocycles. The van der Waals surface area contributed by atoms with Crippen LogP contribution >= 0.6 is 0 Å². The molecular formula is C20H28O5. The Balaban J connectivity index is 2.82. The molecule has 0 fully saturated rings. The minimum atomic E-state index is -0.551. The van der Waals surface area contributed by atoms with Crippen molar-refractivity contribution >= 4 is 17.7 Å². The van der Waals surface area contributed by atoms with Gasteiger partial charge < -0.3 is 14.3 Å². The van der Waals surface area contributed by atoms with E-state index in [1.807, 2.05) is 32.9 Å². The molecule has 0 N–H and O–H groups in total. The van der Waals surface area contributed by atoms with Crippen molar-refractivity contribution in [1.29, 1.82) is 0 Å². The molecule has 0 aliphatic carbocycles. The number of Topliss-reactive ketones (excluding diaryl/α,β-unsaturated/α-hetero) is 1. The van der Waals surface area contributed by atoms with Gasteiger partial charge in [0.05, 0.1) is 18.6 Å². The standard InChI is InChI=1S/C20H28O5/c1-14(21)7-6-8-17(19(23)25-20(2,3)4)13-15-9-11-16(12-10-15)18(22)24-5/h9-12,17H,6-8,13H2,1-5H3. The minimum Gasteiger partial charge on any atom is -0.465 e. The number of esters is 2. The van der Waals surface area contributed by atoms with Crippen molar-refractivity contribution in [2.45, 2.75) is 59.0 Å². The van der Waals surface area contributed by atoms with Crippen molar-refractivity contribution in [2.75, 3.05) is 7.11 Å². The first kappa shape index (κ1) is 20.9. The third-order valence-electron chi connectivity index (χ3n) is 3.68. The molecule has 0 saturated heterocycles. The van der Waals surface area contributed by atoms with E-state index in [1.165, 1.54) is 7.11 Å². The van der Waals surface area contributed by atoms with E-state index < -0.39 is 11.6 Å². The summed E-state index contributed by atoms with van der Waals surface area (Å²) in [6.07, 6.45) is 2.21. The highest BCUT2D eigenvalue weighted by molar-refractivity contribution is 5.89. The normalized spacial score (nSPS) is 12.4. The summed E-state index contributed by atoms with van der Waals surface area (Å²) in [5.74, 6) is -0.849. The maximum absolute atomic E-state index is 12.5. The Morgan fingerprint density at radius 2 is 1.68 bits per heavy atom. The van der Waals surface area contributed by atoms with Gasteiger partial charge in [-0.1, -0.05) is 12.1 Å². The third-order valence-corrected chi connectivity index (χ3v) is 3.68. The van der Waals surface area contributed by atoms with Crippen molar-refractivity contribution in [3.63, 3.8) is 0 Å². The summed E-state index contributed by atoms with van der Waals surface area (Å²) in [6.45, 7) is 7.06. The predicted molar refractivity (Wildman–Crippen MR) is 95.4 cm³/mol. The fourth-order valence-electron chi connectivity index (χ4n) is 2.47. The Hall–Kier alpha value is -2.17. The fourth-order valence-corrected chi connectivity index (χ4v) is 2.47. The van der Waals surface area contributed by atoms with E-state index in [0.29, 0.717) is 31.2 Å². The van der Waals surface area contributed by atoms with E-state index in [9.17, 15) is 14.4 Å². The Morgan fingerprint density at radius 1 is 1.08 bits per heavy atom. The second-order valence-electron chi connectivity index (χ2n) is 7.22. The maximum Gasteiger partial charge on any atom is 0.337 e. The Labute approximate surface area is 149 Å².